The van der Waals surface area contributed by atoms with Crippen molar-refractivity contribution in [2.45, 2.75) is 13.8 Å². The number of benzene rings is 1. The van der Waals surface area contributed by atoms with Gasteiger partial charge in [-0.3, -0.25) is 4.79 Å². The first-order valence-electron chi connectivity index (χ1n) is 6.95. The highest BCUT2D eigenvalue weighted by molar-refractivity contribution is 14.1. The SMILES string of the molecule is Cc1cc(C)n(-c2ncc(NC(=O)c3ccc(I)cc3)cn2)n1. The second kappa shape index (κ2) is 6.45. The largest absolute Gasteiger partial charge is 0.319 e. The maximum absolute atomic E-state index is 12.2. The Bertz CT molecular complexity index is 840. The number of carbonyl (C=O) groups excluding carboxylic acids is 1. The molecule has 2 aromatic heterocycles. The molecule has 1 N–H and O–H groups in total. The summed E-state index contributed by atoms with van der Waals surface area (Å²) in [6, 6.07) is 9.29. The van der Waals surface area contributed by atoms with E-state index in [1.165, 1.54) is 0 Å². The second-order valence-corrected chi connectivity index (χ2v) is 6.32. The number of nitrogens with zero attached hydrogens (tertiary/aromatic N) is 4. The summed E-state index contributed by atoms with van der Waals surface area (Å²) in [5.74, 6) is 0.284. The molecule has 0 fully saturated rings. The molecular weight excluding hydrogens is 405 g/mol. The number of hydrogen-bond donors (Lipinski definition) is 1. The predicted molar refractivity (Wildman–Crippen MR) is 95.7 cm³/mol. The molecule has 2 heterocycles. The number of aryl methyl sites for hydroxylation is 2. The number of aromatic nitrogens is 4. The molecule has 116 valence electrons. The van der Waals surface area contributed by atoms with Gasteiger partial charge in [-0.15, -0.1) is 0 Å². The first-order valence-corrected chi connectivity index (χ1v) is 8.03. The van der Waals surface area contributed by atoms with Gasteiger partial charge >= 0.3 is 0 Å². The Kier molecular flexibility index (Phi) is 4.37. The fourth-order valence-electron chi connectivity index (χ4n) is 2.13. The van der Waals surface area contributed by atoms with Gasteiger partial charge in [-0.1, -0.05) is 0 Å². The molecule has 0 saturated carbocycles. The van der Waals surface area contributed by atoms with E-state index in [0.29, 0.717) is 17.2 Å². The van der Waals surface area contributed by atoms with Crippen molar-refractivity contribution < 1.29 is 4.79 Å². The van der Waals surface area contributed by atoms with Gasteiger partial charge in [0, 0.05) is 14.8 Å². The summed E-state index contributed by atoms with van der Waals surface area (Å²) >= 11 is 2.20. The molecule has 0 aliphatic rings. The van der Waals surface area contributed by atoms with Crippen LogP contribution in [0.25, 0.3) is 5.95 Å². The summed E-state index contributed by atoms with van der Waals surface area (Å²) in [5.41, 5.74) is 2.99. The van der Waals surface area contributed by atoms with Crippen molar-refractivity contribution >= 4 is 34.2 Å². The van der Waals surface area contributed by atoms with Crippen LogP contribution in [0.4, 0.5) is 5.69 Å². The van der Waals surface area contributed by atoms with Crippen molar-refractivity contribution in [3.8, 4) is 5.95 Å². The van der Waals surface area contributed by atoms with Gasteiger partial charge in [0.2, 0.25) is 0 Å². The summed E-state index contributed by atoms with van der Waals surface area (Å²) < 4.78 is 2.75. The second-order valence-electron chi connectivity index (χ2n) is 5.07. The number of rotatable bonds is 3. The molecular formula is C16H14IN5O. The molecule has 1 aromatic carbocycles. The zero-order valence-corrected chi connectivity index (χ0v) is 14.8. The van der Waals surface area contributed by atoms with E-state index in [0.717, 1.165) is 15.0 Å². The highest BCUT2D eigenvalue weighted by Gasteiger charge is 2.09. The zero-order chi connectivity index (χ0) is 16.4. The molecule has 3 rings (SSSR count). The summed E-state index contributed by atoms with van der Waals surface area (Å²) in [6.45, 7) is 3.86. The molecule has 0 aliphatic carbocycles. The standard InChI is InChI=1S/C16H14IN5O/c1-10-7-11(2)22(21-10)16-18-8-14(9-19-16)20-15(23)12-3-5-13(17)6-4-12/h3-9H,1-2H3,(H,20,23). The van der Waals surface area contributed by atoms with Crippen molar-refractivity contribution in [3.63, 3.8) is 0 Å². The fraction of sp³-hybridized carbons (Fsp3) is 0.125. The van der Waals surface area contributed by atoms with E-state index in [1.54, 1.807) is 29.2 Å². The topological polar surface area (TPSA) is 72.7 Å². The maximum Gasteiger partial charge on any atom is 0.255 e. The molecule has 0 aliphatic heterocycles. The number of amides is 1. The van der Waals surface area contributed by atoms with Crippen molar-refractivity contribution in [1.82, 2.24) is 19.7 Å². The van der Waals surface area contributed by atoms with Crippen LogP contribution in [-0.4, -0.2) is 25.7 Å². The minimum Gasteiger partial charge on any atom is -0.319 e. The fourth-order valence-corrected chi connectivity index (χ4v) is 2.49. The quantitative estimate of drug-likeness (QED) is 0.663. The molecule has 0 atom stereocenters. The minimum absolute atomic E-state index is 0.191. The normalized spacial score (nSPS) is 10.6. The Labute approximate surface area is 147 Å². The van der Waals surface area contributed by atoms with Gasteiger partial charge in [-0.2, -0.15) is 5.10 Å². The lowest BCUT2D eigenvalue weighted by Gasteiger charge is -2.06. The number of hydrogen-bond acceptors (Lipinski definition) is 4. The van der Waals surface area contributed by atoms with E-state index >= 15 is 0 Å². The molecule has 23 heavy (non-hydrogen) atoms. The molecule has 0 saturated heterocycles. The van der Waals surface area contributed by atoms with E-state index in [1.807, 2.05) is 32.0 Å². The molecule has 1 amide bonds. The van der Waals surface area contributed by atoms with E-state index in [9.17, 15) is 4.79 Å². The number of nitrogens with one attached hydrogen (secondary N) is 1. The van der Waals surface area contributed by atoms with Gasteiger partial charge in [0.05, 0.1) is 23.8 Å². The highest BCUT2D eigenvalue weighted by atomic mass is 127. The van der Waals surface area contributed by atoms with Gasteiger partial charge in [0.25, 0.3) is 11.9 Å². The van der Waals surface area contributed by atoms with Crippen LogP contribution in [0.2, 0.25) is 0 Å². The number of anilines is 1. The monoisotopic (exact) mass is 419 g/mol. The van der Waals surface area contributed by atoms with E-state index in [-0.39, 0.29) is 5.91 Å². The van der Waals surface area contributed by atoms with Gasteiger partial charge in [0.15, 0.2) is 0 Å². The van der Waals surface area contributed by atoms with Crippen LogP contribution in [0.1, 0.15) is 21.7 Å². The first-order chi connectivity index (χ1) is 11.0. The van der Waals surface area contributed by atoms with Crippen molar-refractivity contribution in [2.75, 3.05) is 5.32 Å². The predicted octanol–water partition coefficient (Wildman–Crippen LogP) is 3.14. The third kappa shape index (κ3) is 3.55. The number of halogens is 1. The summed E-state index contributed by atoms with van der Waals surface area (Å²) in [4.78, 5) is 20.7. The molecule has 0 spiro atoms. The third-order valence-corrected chi connectivity index (χ3v) is 3.92. The lowest BCUT2D eigenvalue weighted by molar-refractivity contribution is 0.102. The summed E-state index contributed by atoms with van der Waals surface area (Å²) in [6.07, 6.45) is 3.15. The lowest BCUT2D eigenvalue weighted by atomic mass is 10.2. The molecule has 7 heteroatoms. The van der Waals surface area contributed by atoms with Crippen LogP contribution in [0.15, 0.2) is 42.7 Å². The van der Waals surface area contributed by atoms with Crippen molar-refractivity contribution in [2.24, 2.45) is 0 Å². The molecule has 6 nitrogen and oxygen atoms in total. The molecule has 3 aromatic rings. The lowest BCUT2D eigenvalue weighted by Crippen LogP contribution is -2.13. The minimum atomic E-state index is -0.191. The van der Waals surface area contributed by atoms with Crippen LogP contribution >= 0.6 is 22.6 Å². The third-order valence-electron chi connectivity index (χ3n) is 3.20. The Morgan fingerprint density at radius 2 is 1.78 bits per heavy atom. The van der Waals surface area contributed by atoms with Crippen LogP contribution in [0.3, 0.4) is 0 Å². The van der Waals surface area contributed by atoms with Gasteiger partial charge in [-0.25, -0.2) is 14.6 Å². The Balaban J connectivity index is 1.76. The summed E-state index contributed by atoms with van der Waals surface area (Å²) in [7, 11) is 0. The highest BCUT2D eigenvalue weighted by Crippen LogP contribution is 2.12. The number of carbonyl (C=O) groups is 1. The Hall–Kier alpha value is -2.29. The van der Waals surface area contributed by atoms with Crippen LogP contribution in [0, 0.1) is 17.4 Å². The average molecular weight is 419 g/mol. The van der Waals surface area contributed by atoms with Crippen molar-refractivity contribution in [3.05, 3.63) is 63.2 Å². The Morgan fingerprint density at radius 1 is 1.13 bits per heavy atom. The van der Waals surface area contributed by atoms with Crippen molar-refractivity contribution in [1.29, 1.82) is 0 Å². The van der Waals surface area contributed by atoms with Crippen LogP contribution in [0.5, 0.6) is 0 Å². The maximum atomic E-state index is 12.2. The molecule has 0 radical (unpaired) electrons. The smallest absolute Gasteiger partial charge is 0.255 e. The van der Waals surface area contributed by atoms with Crippen LogP contribution < -0.4 is 5.32 Å². The average Bonchev–Trinajstić information content (AvgIpc) is 2.87. The first kappa shape index (κ1) is 15.6. The van der Waals surface area contributed by atoms with Gasteiger partial charge in [0.1, 0.15) is 0 Å². The Morgan fingerprint density at radius 3 is 2.35 bits per heavy atom. The van der Waals surface area contributed by atoms with E-state index in [2.05, 4.69) is 43.0 Å². The molecule has 0 bridgehead atoms. The van der Waals surface area contributed by atoms with Gasteiger partial charge < -0.3 is 5.32 Å². The van der Waals surface area contributed by atoms with Gasteiger partial charge in [-0.05, 0) is 66.8 Å². The zero-order valence-electron chi connectivity index (χ0n) is 12.6. The van der Waals surface area contributed by atoms with E-state index < -0.39 is 0 Å². The molecule has 0 unspecified atom stereocenters. The van der Waals surface area contributed by atoms with E-state index in [4.69, 9.17) is 0 Å². The van der Waals surface area contributed by atoms with Crippen LogP contribution in [-0.2, 0) is 0 Å². The summed E-state index contributed by atoms with van der Waals surface area (Å²) in [5, 5.41) is 7.11.